The first-order valence-corrected chi connectivity index (χ1v) is 8.69. The van der Waals surface area contributed by atoms with Crippen molar-refractivity contribution >= 4 is 34.7 Å². The summed E-state index contributed by atoms with van der Waals surface area (Å²) in [6, 6.07) is 16.6. The number of carbonyl (C=O) groups excluding carboxylic acids is 2. The highest BCUT2D eigenvalue weighted by Gasteiger charge is 2.23. The molecule has 0 aliphatic heterocycles. The van der Waals surface area contributed by atoms with Gasteiger partial charge in [-0.3, -0.25) is 4.79 Å². The Morgan fingerprint density at radius 3 is 2.56 bits per heavy atom. The topological polar surface area (TPSA) is 72.6 Å². The predicted molar refractivity (Wildman–Crippen MR) is 103 cm³/mol. The number of esters is 1. The Morgan fingerprint density at radius 2 is 1.85 bits per heavy atom. The van der Waals surface area contributed by atoms with Gasteiger partial charge in [0.2, 0.25) is 5.89 Å². The number of aromatic nitrogens is 1. The van der Waals surface area contributed by atoms with Crippen LogP contribution in [0.1, 0.15) is 19.7 Å². The average molecular weight is 364 g/mol. The molecule has 138 valence electrons. The first-order valence-electron chi connectivity index (χ1n) is 8.69. The van der Waals surface area contributed by atoms with Crippen molar-refractivity contribution in [3.05, 3.63) is 66.6 Å². The van der Waals surface area contributed by atoms with Crippen LogP contribution in [-0.2, 0) is 14.3 Å². The zero-order valence-corrected chi connectivity index (χ0v) is 15.2. The molecule has 3 rings (SSSR count). The molecule has 0 saturated heterocycles. The molecule has 0 spiro atoms. The predicted octanol–water partition coefficient (Wildman–Crippen LogP) is 3.83. The van der Waals surface area contributed by atoms with Gasteiger partial charge in [0.05, 0.1) is 0 Å². The molecule has 2 aromatic carbocycles. The van der Waals surface area contributed by atoms with Crippen molar-refractivity contribution < 1.29 is 18.7 Å². The normalized spacial score (nSPS) is 12.2. The minimum atomic E-state index is -0.911. The molecule has 6 heteroatoms. The maximum absolute atomic E-state index is 12.6. The highest BCUT2D eigenvalue weighted by molar-refractivity contribution is 5.98. The van der Waals surface area contributed by atoms with Crippen LogP contribution in [0.5, 0.6) is 0 Å². The molecule has 1 heterocycles. The van der Waals surface area contributed by atoms with Crippen molar-refractivity contribution in [3.8, 4) is 0 Å². The average Bonchev–Trinajstić information content (AvgIpc) is 3.10. The summed E-state index contributed by atoms with van der Waals surface area (Å²) in [5.41, 5.74) is 2.10. The second-order valence-electron chi connectivity index (χ2n) is 5.85. The van der Waals surface area contributed by atoms with Gasteiger partial charge < -0.3 is 14.1 Å². The Kier molecular flexibility index (Phi) is 5.66. The summed E-state index contributed by atoms with van der Waals surface area (Å²) < 4.78 is 10.7. The highest BCUT2D eigenvalue weighted by Crippen LogP contribution is 2.17. The molecule has 0 aliphatic carbocycles. The minimum absolute atomic E-state index is 0.285. The number of rotatable bonds is 6. The third-order valence-corrected chi connectivity index (χ3v) is 3.96. The summed E-state index contributed by atoms with van der Waals surface area (Å²) in [7, 11) is 0. The van der Waals surface area contributed by atoms with Crippen LogP contribution in [-0.4, -0.2) is 29.5 Å². The van der Waals surface area contributed by atoms with Crippen LogP contribution in [0.15, 0.2) is 65.1 Å². The van der Waals surface area contributed by atoms with E-state index in [1.54, 1.807) is 17.9 Å². The summed E-state index contributed by atoms with van der Waals surface area (Å²) in [5, 5.41) is 0. The van der Waals surface area contributed by atoms with E-state index in [0.717, 1.165) is 5.69 Å². The first kappa shape index (κ1) is 18.4. The summed E-state index contributed by atoms with van der Waals surface area (Å²) in [6.07, 6.45) is 1.72. The smallest absolute Gasteiger partial charge is 0.331 e. The zero-order chi connectivity index (χ0) is 19.2. The molecule has 1 aromatic heterocycles. The van der Waals surface area contributed by atoms with Gasteiger partial charge in [-0.2, -0.15) is 0 Å². The third-order valence-electron chi connectivity index (χ3n) is 3.96. The Bertz CT molecular complexity index is 929. The van der Waals surface area contributed by atoms with Gasteiger partial charge in [0.1, 0.15) is 5.52 Å². The number of hydrogen-bond acceptors (Lipinski definition) is 5. The molecule has 0 fully saturated rings. The number of likely N-dealkylation sites (N-methyl/N-ethyl adjacent to an activating group) is 1. The largest absolute Gasteiger partial charge is 0.449 e. The van der Waals surface area contributed by atoms with Crippen molar-refractivity contribution in [1.82, 2.24) is 4.98 Å². The van der Waals surface area contributed by atoms with Crippen molar-refractivity contribution in [2.75, 3.05) is 11.4 Å². The van der Waals surface area contributed by atoms with E-state index in [1.165, 1.54) is 12.2 Å². The number of nitrogens with zero attached hydrogens (tertiary/aromatic N) is 2. The van der Waals surface area contributed by atoms with Crippen molar-refractivity contribution in [3.63, 3.8) is 0 Å². The lowest BCUT2D eigenvalue weighted by Crippen LogP contribution is -2.39. The van der Waals surface area contributed by atoms with Gasteiger partial charge in [0.25, 0.3) is 5.91 Å². The van der Waals surface area contributed by atoms with E-state index in [-0.39, 0.29) is 5.91 Å². The minimum Gasteiger partial charge on any atom is -0.449 e. The first-order chi connectivity index (χ1) is 13.1. The van der Waals surface area contributed by atoms with Gasteiger partial charge in [0.15, 0.2) is 11.7 Å². The van der Waals surface area contributed by atoms with Gasteiger partial charge >= 0.3 is 5.97 Å². The van der Waals surface area contributed by atoms with Gasteiger partial charge in [-0.1, -0.05) is 30.3 Å². The number of ether oxygens (including phenoxy) is 1. The van der Waals surface area contributed by atoms with Gasteiger partial charge in [-0.05, 0) is 38.1 Å². The number of para-hydroxylation sites is 3. The van der Waals surface area contributed by atoms with Crippen molar-refractivity contribution in [1.29, 1.82) is 0 Å². The van der Waals surface area contributed by atoms with E-state index in [9.17, 15) is 9.59 Å². The Hall–Kier alpha value is -3.41. The van der Waals surface area contributed by atoms with Crippen LogP contribution < -0.4 is 4.90 Å². The van der Waals surface area contributed by atoms with E-state index in [2.05, 4.69) is 4.98 Å². The number of benzene rings is 2. The number of carbonyl (C=O) groups is 2. The molecule has 0 saturated carbocycles. The zero-order valence-electron chi connectivity index (χ0n) is 15.2. The Labute approximate surface area is 157 Å². The number of anilines is 1. The fourth-order valence-corrected chi connectivity index (χ4v) is 2.66. The summed E-state index contributed by atoms with van der Waals surface area (Å²) in [6.45, 7) is 3.90. The number of oxazole rings is 1. The lowest BCUT2D eigenvalue weighted by atomic mass is 10.2. The van der Waals surface area contributed by atoms with Crippen molar-refractivity contribution in [2.45, 2.75) is 20.0 Å². The van der Waals surface area contributed by atoms with Gasteiger partial charge in [0, 0.05) is 24.4 Å². The molecule has 3 aromatic rings. The monoisotopic (exact) mass is 364 g/mol. The number of hydrogen-bond donors (Lipinski definition) is 0. The van der Waals surface area contributed by atoms with Crippen molar-refractivity contribution in [2.24, 2.45) is 0 Å². The standard InChI is InChI=1S/C21H20N2O4/c1-3-23(16-9-5-4-6-10-16)21(25)15(2)26-20(24)14-13-19-22-17-11-7-8-12-18(17)27-19/h4-15H,3H2,1-2H3/b14-13+/t15-/m1/s1. The lowest BCUT2D eigenvalue weighted by Gasteiger charge is -2.24. The second kappa shape index (κ2) is 8.31. The molecule has 0 unspecified atom stereocenters. The summed E-state index contributed by atoms with van der Waals surface area (Å²) in [4.78, 5) is 30.5. The Balaban J connectivity index is 1.63. The molecule has 0 N–H and O–H groups in total. The molecule has 27 heavy (non-hydrogen) atoms. The summed E-state index contributed by atoms with van der Waals surface area (Å²) >= 11 is 0. The quantitative estimate of drug-likeness (QED) is 0.491. The van der Waals surface area contributed by atoms with Crippen LogP contribution in [0.25, 0.3) is 17.2 Å². The molecule has 0 aliphatic rings. The summed E-state index contributed by atoms with van der Waals surface area (Å²) in [5.74, 6) is -0.624. The van der Waals surface area contributed by atoms with Crippen LogP contribution in [0.2, 0.25) is 0 Å². The highest BCUT2D eigenvalue weighted by atomic mass is 16.5. The second-order valence-corrected chi connectivity index (χ2v) is 5.85. The van der Waals surface area contributed by atoms with E-state index in [0.29, 0.717) is 23.5 Å². The maximum atomic E-state index is 12.6. The molecule has 0 bridgehead atoms. The number of fused-ring (bicyclic) bond motifs is 1. The van der Waals surface area contributed by atoms with E-state index in [1.807, 2.05) is 55.5 Å². The molecule has 1 atom stereocenters. The van der Waals surface area contributed by atoms with E-state index >= 15 is 0 Å². The Morgan fingerprint density at radius 1 is 1.15 bits per heavy atom. The van der Waals surface area contributed by atoms with Gasteiger partial charge in [-0.25, -0.2) is 9.78 Å². The van der Waals surface area contributed by atoms with Gasteiger partial charge in [-0.15, -0.1) is 0 Å². The molecule has 1 amide bonds. The molecule has 6 nitrogen and oxygen atoms in total. The molecule has 0 radical (unpaired) electrons. The van der Waals surface area contributed by atoms with Crippen LogP contribution in [0, 0.1) is 0 Å². The molecular weight excluding hydrogens is 344 g/mol. The lowest BCUT2D eigenvalue weighted by molar-refractivity contribution is -0.149. The maximum Gasteiger partial charge on any atom is 0.331 e. The SMILES string of the molecule is CCN(C(=O)[C@@H](C)OC(=O)/C=C/c1nc2ccccc2o1)c1ccccc1. The van der Waals surface area contributed by atoms with E-state index in [4.69, 9.17) is 9.15 Å². The van der Waals surface area contributed by atoms with Crippen LogP contribution >= 0.6 is 0 Å². The van der Waals surface area contributed by atoms with Crippen LogP contribution in [0.3, 0.4) is 0 Å². The fraction of sp³-hybridized carbons (Fsp3) is 0.190. The fourth-order valence-electron chi connectivity index (χ4n) is 2.66. The number of amides is 1. The molecular formula is C21H20N2O4. The van der Waals surface area contributed by atoms with Crippen LogP contribution in [0.4, 0.5) is 5.69 Å². The van der Waals surface area contributed by atoms with E-state index < -0.39 is 12.1 Å². The third kappa shape index (κ3) is 4.41.